The molecule has 0 amide bonds. The summed E-state index contributed by atoms with van der Waals surface area (Å²) < 4.78 is 0. The molecule has 1 aromatic carbocycles. The molecule has 1 N–H and O–H groups in total. The summed E-state index contributed by atoms with van der Waals surface area (Å²) in [6.45, 7) is 1.74. The smallest absolute Gasteiger partial charge is 0.101 e. The van der Waals surface area contributed by atoms with Crippen LogP contribution in [-0.2, 0) is 0 Å². The van der Waals surface area contributed by atoms with Gasteiger partial charge in [0.05, 0.1) is 6.10 Å². The topological polar surface area (TPSA) is 33.1 Å². The van der Waals surface area contributed by atoms with Crippen molar-refractivity contribution in [1.82, 2.24) is 4.98 Å². The van der Waals surface area contributed by atoms with E-state index in [0.29, 0.717) is 0 Å². The number of aliphatic hydroxyl groups is 1. The lowest BCUT2D eigenvalue weighted by Crippen LogP contribution is -1.92. The molecule has 0 unspecified atom stereocenters. The van der Waals surface area contributed by atoms with Crippen LogP contribution < -0.4 is 0 Å². The normalized spacial score (nSPS) is 12.4. The number of benzene rings is 1. The van der Waals surface area contributed by atoms with E-state index in [9.17, 15) is 5.11 Å². The number of pyridine rings is 1. The Morgan fingerprint density at radius 2 is 1.94 bits per heavy atom. The van der Waals surface area contributed by atoms with Crippen LogP contribution in [0.5, 0.6) is 0 Å². The Hall–Kier alpha value is -1.03. The molecule has 2 aromatic rings. The van der Waals surface area contributed by atoms with E-state index in [0.717, 1.165) is 20.5 Å². The number of hydrogen-bond donors (Lipinski definition) is 1. The number of aliphatic hydroxyl groups excluding tert-OH is 1. The van der Waals surface area contributed by atoms with Crippen molar-refractivity contribution < 1.29 is 5.11 Å². The Bertz CT molecular complexity index is 499. The van der Waals surface area contributed by atoms with Crippen LogP contribution >= 0.6 is 23.4 Å². The molecule has 0 fully saturated rings. The Kier molecular flexibility index (Phi) is 4.05. The average molecular weight is 266 g/mol. The van der Waals surface area contributed by atoms with Gasteiger partial charge in [-0.25, -0.2) is 4.98 Å². The van der Waals surface area contributed by atoms with Crippen LogP contribution in [0.15, 0.2) is 52.5 Å². The zero-order valence-electron chi connectivity index (χ0n) is 9.30. The van der Waals surface area contributed by atoms with Crippen molar-refractivity contribution in [3.63, 3.8) is 0 Å². The van der Waals surface area contributed by atoms with Gasteiger partial charge < -0.3 is 5.11 Å². The first-order chi connectivity index (χ1) is 8.15. The summed E-state index contributed by atoms with van der Waals surface area (Å²) in [4.78, 5) is 5.33. The summed E-state index contributed by atoms with van der Waals surface area (Å²) in [5, 5.41) is 11.1. The highest BCUT2D eigenvalue weighted by Gasteiger charge is 2.04. The monoisotopic (exact) mass is 265 g/mol. The Morgan fingerprint density at radius 3 is 2.59 bits per heavy atom. The number of hydrogen-bond acceptors (Lipinski definition) is 3. The highest BCUT2D eigenvalue weighted by Crippen LogP contribution is 2.28. The fourth-order valence-corrected chi connectivity index (χ4v) is 2.31. The molecule has 17 heavy (non-hydrogen) atoms. The number of nitrogens with zero attached hydrogens (tertiary/aromatic N) is 1. The van der Waals surface area contributed by atoms with Crippen molar-refractivity contribution in [3.05, 3.63) is 53.2 Å². The van der Waals surface area contributed by atoms with Crippen molar-refractivity contribution in [2.24, 2.45) is 0 Å². The van der Waals surface area contributed by atoms with Gasteiger partial charge in [-0.2, -0.15) is 0 Å². The highest BCUT2D eigenvalue weighted by molar-refractivity contribution is 7.99. The van der Waals surface area contributed by atoms with Gasteiger partial charge in [-0.05, 0) is 48.9 Å². The van der Waals surface area contributed by atoms with Crippen molar-refractivity contribution in [3.8, 4) is 0 Å². The molecule has 4 heteroatoms. The second-order valence-corrected chi connectivity index (χ2v) is 5.19. The third-order valence-corrected chi connectivity index (χ3v) is 3.47. The first-order valence-corrected chi connectivity index (χ1v) is 6.42. The van der Waals surface area contributed by atoms with Gasteiger partial charge in [0.1, 0.15) is 5.03 Å². The Morgan fingerprint density at radius 1 is 1.24 bits per heavy atom. The minimum absolute atomic E-state index is 0.470. The molecule has 0 aliphatic heterocycles. The predicted molar refractivity (Wildman–Crippen MR) is 70.4 cm³/mol. The molecule has 2 nitrogen and oxygen atoms in total. The maximum Gasteiger partial charge on any atom is 0.101 e. The molecule has 0 saturated heterocycles. The standard InChI is InChI=1S/C13H12ClNOS/c1-9(16)10-6-7-15-13(8-10)17-12-4-2-11(14)3-5-12/h2-9,16H,1H3/t9-/m0/s1. The van der Waals surface area contributed by atoms with E-state index in [1.165, 1.54) is 0 Å². The molecule has 0 aliphatic rings. The van der Waals surface area contributed by atoms with E-state index in [4.69, 9.17) is 11.6 Å². The molecule has 0 aliphatic carbocycles. The zero-order chi connectivity index (χ0) is 12.3. The van der Waals surface area contributed by atoms with E-state index in [-0.39, 0.29) is 0 Å². The minimum atomic E-state index is -0.470. The fourth-order valence-electron chi connectivity index (χ4n) is 1.36. The lowest BCUT2D eigenvalue weighted by Gasteiger charge is -2.06. The largest absolute Gasteiger partial charge is 0.389 e. The summed E-state index contributed by atoms with van der Waals surface area (Å²) in [5.41, 5.74) is 0.872. The summed E-state index contributed by atoms with van der Waals surface area (Å²) in [6.07, 6.45) is 1.24. The maximum absolute atomic E-state index is 9.50. The molecule has 1 aromatic heterocycles. The molecule has 0 saturated carbocycles. The van der Waals surface area contributed by atoms with Crippen LogP contribution in [0.1, 0.15) is 18.6 Å². The zero-order valence-corrected chi connectivity index (χ0v) is 10.9. The molecule has 88 valence electrons. The quantitative estimate of drug-likeness (QED) is 0.913. The average Bonchev–Trinajstić information content (AvgIpc) is 2.32. The van der Waals surface area contributed by atoms with Crippen molar-refractivity contribution in [2.75, 3.05) is 0 Å². The minimum Gasteiger partial charge on any atom is -0.389 e. The Labute approximate surface area is 110 Å². The first-order valence-electron chi connectivity index (χ1n) is 5.22. The number of aromatic nitrogens is 1. The second-order valence-electron chi connectivity index (χ2n) is 3.66. The summed E-state index contributed by atoms with van der Waals surface area (Å²) in [5.74, 6) is 0. The van der Waals surface area contributed by atoms with Crippen LogP contribution in [0.25, 0.3) is 0 Å². The van der Waals surface area contributed by atoms with E-state index in [1.54, 1.807) is 24.9 Å². The predicted octanol–water partition coefficient (Wildman–Crippen LogP) is 3.94. The van der Waals surface area contributed by atoms with Crippen LogP contribution in [0.3, 0.4) is 0 Å². The van der Waals surface area contributed by atoms with E-state index >= 15 is 0 Å². The lowest BCUT2D eigenvalue weighted by molar-refractivity contribution is 0.199. The molecule has 1 atom stereocenters. The second kappa shape index (κ2) is 5.54. The van der Waals surface area contributed by atoms with Crippen molar-refractivity contribution >= 4 is 23.4 Å². The van der Waals surface area contributed by atoms with Gasteiger partial charge >= 0.3 is 0 Å². The molecular formula is C13H12ClNOS. The van der Waals surface area contributed by atoms with Gasteiger partial charge in [-0.1, -0.05) is 23.4 Å². The fraction of sp³-hybridized carbons (Fsp3) is 0.154. The summed E-state index contributed by atoms with van der Waals surface area (Å²) in [7, 11) is 0. The molecule has 2 rings (SSSR count). The van der Waals surface area contributed by atoms with Crippen molar-refractivity contribution in [1.29, 1.82) is 0 Å². The SMILES string of the molecule is C[C@H](O)c1ccnc(Sc2ccc(Cl)cc2)c1. The summed E-state index contributed by atoms with van der Waals surface area (Å²) in [6, 6.07) is 11.3. The third kappa shape index (κ3) is 3.46. The van der Waals surface area contributed by atoms with E-state index in [2.05, 4.69) is 4.98 Å². The molecular weight excluding hydrogens is 254 g/mol. The van der Waals surface area contributed by atoms with Crippen LogP contribution in [0.4, 0.5) is 0 Å². The van der Waals surface area contributed by atoms with Crippen molar-refractivity contribution in [2.45, 2.75) is 22.9 Å². The van der Waals surface area contributed by atoms with Gasteiger partial charge in [-0.3, -0.25) is 0 Å². The molecule has 0 radical (unpaired) electrons. The Balaban J connectivity index is 2.18. The van der Waals surface area contributed by atoms with E-state index < -0.39 is 6.10 Å². The van der Waals surface area contributed by atoms with E-state index in [1.807, 2.05) is 36.4 Å². The van der Waals surface area contributed by atoms with Crippen LogP contribution in [0, 0.1) is 0 Å². The van der Waals surface area contributed by atoms with Gasteiger partial charge in [0, 0.05) is 16.1 Å². The lowest BCUT2D eigenvalue weighted by atomic mass is 10.2. The number of rotatable bonds is 3. The molecule has 0 spiro atoms. The van der Waals surface area contributed by atoms with Gasteiger partial charge in [0.2, 0.25) is 0 Å². The van der Waals surface area contributed by atoms with Gasteiger partial charge in [0.25, 0.3) is 0 Å². The van der Waals surface area contributed by atoms with Gasteiger partial charge in [-0.15, -0.1) is 0 Å². The molecule has 0 bridgehead atoms. The van der Waals surface area contributed by atoms with Gasteiger partial charge in [0.15, 0.2) is 0 Å². The first kappa shape index (κ1) is 12.4. The summed E-state index contributed by atoms with van der Waals surface area (Å²) >= 11 is 7.37. The highest BCUT2D eigenvalue weighted by atomic mass is 35.5. The number of halogens is 1. The maximum atomic E-state index is 9.50. The van der Waals surface area contributed by atoms with Crippen LogP contribution in [0.2, 0.25) is 5.02 Å². The van der Waals surface area contributed by atoms with Crippen LogP contribution in [-0.4, -0.2) is 10.1 Å². The third-order valence-electron chi connectivity index (χ3n) is 2.28. The molecule has 1 heterocycles.